The van der Waals surface area contributed by atoms with Gasteiger partial charge in [-0.1, -0.05) is 24.3 Å². The Labute approximate surface area is 129 Å². The summed E-state index contributed by atoms with van der Waals surface area (Å²) in [7, 11) is 1.71. The lowest BCUT2D eigenvalue weighted by atomic mass is 10.1. The van der Waals surface area contributed by atoms with Crippen LogP contribution in [0.25, 0.3) is 10.8 Å². The smallest absolute Gasteiger partial charge is 0.152 e. The fourth-order valence-electron chi connectivity index (χ4n) is 2.41. The van der Waals surface area contributed by atoms with E-state index in [1.54, 1.807) is 13.4 Å². The van der Waals surface area contributed by atoms with Gasteiger partial charge in [0.05, 0.1) is 6.54 Å². The van der Waals surface area contributed by atoms with Crippen LogP contribution < -0.4 is 5.32 Å². The zero-order valence-corrected chi connectivity index (χ0v) is 12.6. The number of aromatic nitrogens is 4. The second-order valence-corrected chi connectivity index (χ2v) is 5.02. The quantitative estimate of drug-likeness (QED) is 0.679. The standard InChI is InChI=1S/C16H19N5O/c1-22-10-4-9-21-12-19-20-15(21)11-18-16-14-6-3-2-5-13(14)7-8-17-16/h2-3,5-8,12H,4,9-11H2,1H3,(H,17,18). The van der Waals surface area contributed by atoms with Crippen LogP contribution in [0.4, 0.5) is 5.82 Å². The number of anilines is 1. The van der Waals surface area contributed by atoms with Gasteiger partial charge in [0.2, 0.25) is 0 Å². The van der Waals surface area contributed by atoms with Crippen LogP contribution in [0.3, 0.4) is 0 Å². The van der Waals surface area contributed by atoms with Crippen LogP contribution in [-0.2, 0) is 17.8 Å². The Kier molecular flexibility index (Phi) is 4.60. The van der Waals surface area contributed by atoms with Gasteiger partial charge in [-0.15, -0.1) is 10.2 Å². The minimum Gasteiger partial charge on any atom is -0.385 e. The maximum Gasteiger partial charge on any atom is 0.152 e. The SMILES string of the molecule is COCCCn1cnnc1CNc1nccc2ccccc12. The predicted molar refractivity (Wildman–Crippen MR) is 85.6 cm³/mol. The van der Waals surface area contributed by atoms with E-state index in [-0.39, 0.29) is 0 Å². The number of benzene rings is 1. The summed E-state index contributed by atoms with van der Waals surface area (Å²) in [5.74, 6) is 1.76. The van der Waals surface area contributed by atoms with Crippen LogP contribution in [-0.4, -0.2) is 33.5 Å². The number of methoxy groups -OCH3 is 1. The monoisotopic (exact) mass is 297 g/mol. The van der Waals surface area contributed by atoms with Crippen LogP contribution in [0.1, 0.15) is 12.2 Å². The first-order valence-electron chi connectivity index (χ1n) is 7.32. The molecule has 0 atom stereocenters. The van der Waals surface area contributed by atoms with E-state index in [9.17, 15) is 0 Å². The van der Waals surface area contributed by atoms with Gasteiger partial charge in [-0.05, 0) is 17.9 Å². The van der Waals surface area contributed by atoms with Gasteiger partial charge in [-0.2, -0.15) is 0 Å². The number of hydrogen-bond acceptors (Lipinski definition) is 5. The molecule has 0 radical (unpaired) electrons. The normalized spacial score (nSPS) is 11.0. The molecule has 0 amide bonds. The van der Waals surface area contributed by atoms with E-state index in [0.717, 1.165) is 36.6 Å². The van der Waals surface area contributed by atoms with Crippen LogP contribution in [0.5, 0.6) is 0 Å². The summed E-state index contributed by atoms with van der Waals surface area (Å²) in [4.78, 5) is 4.42. The molecular formula is C16H19N5O. The van der Waals surface area contributed by atoms with Crippen molar-refractivity contribution in [2.75, 3.05) is 19.0 Å². The van der Waals surface area contributed by atoms with Gasteiger partial charge < -0.3 is 14.6 Å². The molecule has 6 nitrogen and oxygen atoms in total. The topological polar surface area (TPSA) is 64.9 Å². The second-order valence-electron chi connectivity index (χ2n) is 5.02. The summed E-state index contributed by atoms with van der Waals surface area (Å²) in [5.41, 5.74) is 0. The van der Waals surface area contributed by atoms with Crippen LogP contribution >= 0.6 is 0 Å². The Bertz CT molecular complexity index is 735. The fraction of sp³-hybridized carbons (Fsp3) is 0.312. The molecule has 2 aromatic heterocycles. The van der Waals surface area contributed by atoms with E-state index >= 15 is 0 Å². The largest absolute Gasteiger partial charge is 0.385 e. The Hall–Kier alpha value is -2.47. The third-order valence-electron chi connectivity index (χ3n) is 3.53. The highest BCUT2D eigenvalue weighted by Gasteiger charge is 2.06. The van der Waals surface area contributed by atoms with E-state index in [1.807, 2.05) is 29.0 Å². The van der Waals surface area contributed by atoms with Crippen LogP contribution in [0, 0.1) is 0 Å². The van der Waals surface area contributed by atoms with Crippen molar-refractivity contribution < 1.29 is 4.74 Å². The van der Waals surface area contributed by atoms with E-state index < -0.39 is 0 Å². The first-order valence-corrected chi connectivity index (χ1v) is 7.32. The summed E-state index contributed by atoms with van der Waals surface area (Å²) in [6.07, 6.45) is 4.51. The molecule has 2 heterocycles. The summed E-state index contributed by atoms with van der Waals surface area (Å²) in [6.45, 7) is 2.17. The molecule has 1 aromatic carbocycles. The van der Waals surface area contributed by atoms with Crippen molar-refractivity contribution in [3.8, 4) is 0 Å². The lowest BCUT2D eigenvalue weighted by Crippen LogP contribution is -2.10. The summed E-state index contributed by atoms with van der Waals surface area (Å²) >= 11 is 0. The Morgan fingerprint density at radius 3 is 3.05 bits per heavy atom. The molecule has 0 aliphatic heterocycles. The van der Waals surface area contributed by atoms with Crippen molar-refractivity contribution in [3.63, 3.8) is 0 Å². The van der Waals surface area contributed by atoms with Gasteiger partial charge in [-0.25, -0.2) is 4.98 Å². The number of hydrogen-bond donors (Lipinski definition) is 1. The van der Waals surface area contributed by atoms with Gasteiger partial charge in [0.25, 0.3) is 0 Å². The van der Waals surface area contributed by atoms with E-state index in [0.29, 0.717) is 6.54 Å². The zero-order chi connectivity index (χ0) is 15.2. The molecule has 6 heteroatoms. The average Bonchev–Trinajstić information content (AvgIpc) is 3.00. The first-order chi connectivity index (χ1) is 10.9. The highest BCUT2D eigenvalue weighted by molar-refractivity contribution is 5.91. The number of ether oxygens (including phenoxy) is 1. The highest BCUT2D eigenvalue weighted by Crippen LogP contribution is 2.20. The van der Waals surface area contributed by atoms with E-state index in [4.69, 9.17) is 4.74 Å². The molecule has 3 aromatic rings. The van der Waals surface area contributed by atoms with Crippen molar-refractivity contribution in [2.45, 2.75) is 19.5 Å². The average molecular weight is 297 g/mol. The molecule has 1 N–H and O–H groups in total. The summed E-state index contributed by atoms with van der Waals surface area (Å²) in [6, 6.07) is 10.2. The number of fused-ring (bicyclic) bond motifs is 1. The highest BCUT2D eigenvalue weighted by atomic mass is 16.5. The molecular weight excluding hydrogens is 278 g/mol. The van der Waals surface area contributed by atoms with Crippen molar-refractivity contribution in [1.29, 1.82) is 0 Å². The summed E-state index contributed by atoms with van der Waals surface area (Å²) < 4.78 is 7.12. The Morgan fingerprint density at radius 1 is 1.23 bits per heavy atom. The molecule has 3 rings (SSSR count). The van der Waals surface area contributed by atoms with Gasteiger partial charge in [0.1, 0.15) is 12.1 Å². The minimum absolute atomic E-state index is 0.591. The molecule has 114 valence electrons. The van der Waals surface area contributed by atoms with Crippen molar-refractivity contribution >= 4 is 16.6 Å². The molecule has 22 heavy (non-hydrogen) atoms. The van der Waals surface area contributed by atoms with E-state index in [1.165, 1.54) is 5.39 Å². The molecule has 0 aliphatic rings. The van der Waals surface area contributed by atoms with Gasteiger partial charge in [-0.3, -0.25) is 0 Å². The lowest BCUT2D eigenvalue weighted by Gasteiger charge is -2.10. The van der Waals surface area contributed by atoms with Gasteiger partial charge in [0, 0.05) is 31.8 Å². The number of rotatable bonds is 7. The molecule has 0 bridgehead atoms. The van der Waals surface area contributed by atoms with Gasteiger partial charge >= 0.3 is 0 Å². The molecule has 0 saturated heterocycles. The Balaban J connectivity index is 1.71. The minimum atomic E-state index is 0.591. The molecule has 0 fully saturated rings. The van der Waals surface area contributed by atoms with Crippen molar-refractivity contribution in [3.05, 3.63) is 48.7 Å². The second kappa shape index (κ2) is 7.00. The number of nitrogens with one attached hydrogen (secondary N) is 1. The maximum atomic E-state index is 5.08. The zero-order valence-electron chi connectivity index (χ0n) is 12.6. The lowest BCUT2D eigenvalue weighted by molar-refractivity contribution is 0.190. The first kappa shape index (κ1) is 14.5. The van der Waals surface area contributed by atoms with Crippen LogP contribution in [0.2, 0.25) is 0 Å². The third kappa shape index (κ3) is 3.23. The fourth-order valence-corrected chi connectivity index (χ4v) is 2.41. The molecule has 0 aliphatic carbocycles. The predicted octanol–water partition coefficient (Wildman–Crippen LogP) is 2.47. The summed E-state index contributed by atoms with van der Waals surface area (Å²) in [5, 5.41) is 13.8. The number of aryl methyl sites for hydroxylation is 1. The van der Waals surface area contributed by atoms with Crippen LogP contribution in [0.15, 0.2) is 42.9 Å². The molecule has 0 saturated carbocycles. The number of nitrogens with zero attached hydrogens (tertiary/aromatic N) is 4. The van der Waals surface area contributed by atoms with Gasteiger partial charge in [0.15, 0.2) is 5.82 Å². The molecule has 0 spiro atoms. The third-order valence-corrected chi connectivity index (χ3v) is 3.53. The van der Waals surface area contributed by atoms with Crippen molar-refractivity contribution in [1.82, 2.24) is 19.7 Å². The maximum absolute atomic E-state index is 5.08. The molecule has 0 unspecified atom stereocenters. The Morgan fingerprint density at radius 2 is 2.14 bits per heavy atom. The van der Waals surface area contributed by atoms with Crippen molar-refractivity contribution in [2.24, 2.45) is 0 Å². The van der Waals surface area contributed by atoms with E-state index in [2.05, 4.69) is 32.6 Å². The number of pyridine rings is 1.